The number of aromatic nitrogens is 2. The lowest BCUT2D eigenvalue weighted by Crippen LogP contribution is -2.07. The van der Waals surface area contributed by atoms with Gasteiger partial charge in [0.2, 0.25) is 0 Å². The minimum Gasteiger partial charge on any atom is -0.395 e. The zero-order valence-electron chi connectivity index (χ0n) is 7.82. The Bertz CT molecular complexity index is 252. The second-order valence-electron chi connectivity index (χ2n) is 2.79. The van der Waals surface area contributed by atoms with Crippen LogP contribution >= 0.6 is 0 Å². The molecule has 0 aromatic carbocycles. The molecule has 4 heteroatoms. The number of aliphatic hydroxyl groups excluding tert-OH is 1. The molecule has 0 fully saturated rings. The molecule has 0 atom stereocenters. The van der Waals surface area contributed by atoms with Crippen LogP contribution < -0.4 is 5.32 Å². The molecule has 1 aromatic rings. The lowest BCUT2D eigenvalue weighted by Gasteiger charge is -2.03. The molecule has 0 amide bonds. The van der Waals surface area contributed by atoms with Crippen molar-refractivity contribution in [2.24, 2.45) is 0 Å². The van der Waals surface area contributed by atoms with Crippen LogP contribution in [0.2, 0.25) is 0 Å². The highest BCUT2D eigenvalue weighted by Crippen LogP contribution is 2.04. The summed E-state index contributed by atoms with van der Waals surface area (Å²) in [7, 11) is 0. The van der Waals surface area contributed by atoms with Gasteiger partial charge in [-0.05, 0) is 6.42 Å². The van der Waals surface area contributed by atoms with Crippen LogP contribution in [0.15, 0.2) is 12.4 Å². The minimum atomic E-state index is 0.118. The summed E-state index contributed by atoms with van der Waals surface area (Å²) in [6.45, 7) is 2.76. The summed E-state index contributed by atoms with van der Waals surface area (Å²) in [4.78, 5) is 8.15. The molecule has 1 aromatic heterocycles. The van der Waals surface area contributed by atoms with Crippen molar-refractivity contribution >= 4 is 5.82 Å². The smallest absolute Gasteiger partial charge is 0.129 e. The van der Waals surface area contributed by atoms with Gasteiger partial charge < -0.3 is 10.4 Å². The quantitative estimate of drug-likeness (QED) is 0.706. The fourth-order valence-electron chi connectivity index (χ4n) is 1.07. The van der Waals surface area contributed by atoms with Crippen LogP contribution in [0.1, 0.15) is 19.0 Å². The van der Waals surface area contributed by atoms with Crippen molar-refractivity contribution in [1.82, 2.24) is 9.97 Å². The molecule has 1 heterocycles. The van der Waals surface area contributed by atoms with Crippen molar-refractivity contribution in [3.8, 4) is 0 Å². The van der Waals surface area contributed by atoms with Crippen molar-refractivity contribution in [3.05, 3.63) is 18.1 Å². The van der Waals surface area contributed by atoms with E-state index in [9.17, 15) is 0 Å². The second-order valence-corrected chi connectivity index (χ2v) is 2.79. The molecular weight excluding hydrogens is 166 g/mol. The van der Waals surface area contributed by atoms with Gasteiger partial charge in [0, 0.05) is 18.3 Å². The van der Waals surface area contributed by atoms with Gasteiger partial charge in [0.25, 0.3) is 0 Å². The van der Waals surface area contributed by atoms with E-state index < -0.39 is 0 Å². The third-order valence-corrected chi connectivity index (χ3v) is 1.65. The Morgan fingerprint density at radius 1 is 1.46 bits per heavy atom. The molecule has 0 aliphatic carbocycles. The average Bonchev–Trinajstić information content (AvgIpc) is 2.16. The van der Waals surface area contributed by atoms with E-state index in [1.54, 1.807) is 6.33 Å². The van der Waals surface area contributed by atoms with Gasteiger partial charge in [-0.1, -0.05) is 13.3 Å². The molecule has 72 valence electrons. The number of nitrogens with one attached hydrogen (secondary N) is 1. The normalized spacial score (nSPS) is 10.0. The molecule has 0 spiro atoms. The summed E-state index contributed by atoms with van der Waals surface area (Å²) in [6, 6.07) is 1.92. The molecule has 1 rings (SSSR count). The van der Waals surface area contributed by atoms with Crippen molar-refractivity contribution in [1.29, 1.82) is 0 Å². The summed E-state index contributed by atoms with van der Waals surface area (Å²) in [5.74, 6) is 0.785. The maximum Gasteiger partial charge on any atom is 0.129 e. The van der Waals surface area contributed by atoms with Crippen LogP contribution in [0.5, 0.6) is 0 Å². The third kappa shape index (κ3) is 3.38. The summed E-state index contributed by atoms with van der Waals surface area (Å²) in [6.07, 6.45) is 3.59. The van der Waals surface area contributed by atoms with E-state index in [1.165, 1.54) is 0 Å². The number of rotatable bonds is 5. The average molecular weight is 181 g/mol. The van der Waals surface area contributed by atoms with Gasteiger partial charge in [0.1, 0.15) is 12.1 Å². The molecule has 13 heavy (non-hydrogen) atoms. The monoisotopic (exact) mass is 181 g/mol. The van der Waals surface area contributed by atoms with E-state index in [0.717, 1.165) is 24.4 Å². The van der Waals surface area contributed by atoms with E-state index in [0.29, 0.717) is 6.54 Å². The third-order valence-electron chi connectivity index (χ3n) is 1.65. The minimum absolute atomic E-state index is 0.118. The highest BCUT2D eigenvalue weighted by atomic mass is 16.3. The van der Waals surface area contributed by atoms with E-state index in [-0.39, 0.29) is 6.61 Å². The number of hydrogen-bond donors (Lipinski definition) is 2. The van der Waals surface area contributed by atoms with Crippen molar-refractivity contribution in [2.75, 3.05) is 18.5 Å². The molecule has 0 unspecified atom stereocenters. The number of aryl methyl sites for hydroxylation is 1. The van der Waals surface area contributed by atoms with Crippen LogP contribution in [0.4, 0.5) is 5.82 Å². The first-order chi connectivity index (χ1) is 6.36. The Balaban J connectivity index is 2.56. The zero-order chi connectivity index (χ0) is 9.52. The van der Waals surface area contributed by atoms with Gasteiger partial charge in [-0.3, -0.25) is 0 Å². The van der Waals surface area contributed by atoms with Crippen LogP contribution in [0, 0.1) is 0 Å². The first-order valence-electron chi connectivity index (χ1n) is 4.52. The molecule has 0 aliphatic heterocycles. The first-order valence-corrected chi connectivity index (χ1v) is 4.52. The van der Waals surface area contributed by atoms with Gasteiger partial charge >= 0.3 is 0 Å². The fourth-order valence-corrected chi connectivity index (χ4v) is 1.07. The summed E-state index contributed by atoms with van der Waals surface area (Å²) in [5, 5.41) is 11.6. The highest BCUT2D eigenvalue weighted by molar-refractivity contribution is 5.34. The van der Waals surface area contributed by atoms with Crippen LogP contribution in [-0.2, 0) is 6.42 Å². The highest BCUT2D eigenvalue weighted by Gasteiger charge is 1.96. The maximum absolute atomic E-state index is 8.59. The SMILES string of the molecule is CCCc1cc(NCCO)ncn1. The molecule has 0 bridgehead atoms. The number of nitrogens with zero attached hydrogens (tertiary/aromatic N) is 2. The molecule has 2 N–H and O–H groups in total. The number of hydrogen-bond acceptors (Lipinski definition) is 4. The van der Waals surface area contributed by atoms with Crippen LogP contribution in [-0.4, -0.2) is 28.2 Å². The van der Waals surface area contributed by atoms with Crippen LogP contribution in [0.25, 0.3) is 0 Å². The van der Waals surface area contributed by atoms with Gasteiger partial charge in [-0.2, -0.15) is 0 Å². The number of aliphatic hydroxyl groups is 1. The summed E-state index contributed by atoms with van der Waals surface area (Å²) < 4.78 is 0. The predicted octanol–water partition coefficient (Wildman–Crippen LogP) is 0.833. The second kappa shape index (κ2) is 5.48. The summed E-state index contributed by atoms with van der Waals surface area (Å²) >= 11 is 0. The molecule has 0 saturated carbocycles. The van der Waals surface area contributed by atoms with Crippen LogP contribution in [0.3, 0.4) is 0 Å². The van der Waals surface area contributed by atoms with E-state index in [4.69, 9.17) is 5.11 Å². The zero-order valence-corrected chi connectivity index (χ0v) is 7.82. The lowest BCUT2D eigenvalue weighted by atomic mass is 10.2. The molecule has 0 radical (unpaired) electrons. The predicted molar refractivity (Wildman–Crippen MR) is 51.6 cm³/mol. The Kier molecular flexibility index (Phi) is 4.18. The maximum atomic E-state index is 8.59. The van der Waals surface area contributed by atoms with Gasteiger partial charge in [0.15, 0.2) is 0 Å². The Hall–Kier alpha value is -1.16. The van der Waals surface area contributed by atoms with Crippen molar-refractivity contribution < 1.29 is 5.11 Å². The van der Waals surface area contributed by atoms with Gasteiger partial charge in [-0.25, -0.2) is 9.97 Å². The standard InChI is InChI=1S/C9H15N3O/c1-2-3-8-6-9(10-4-5-13)12-7-11-8/h6-7,13H,2-5H2,1H3,(H,10,11,12). The Morgan fingerprint density at radius 2 is 2.31 bits per heavy atom. The topological polar surface area (TPSA) is 58.0 Å². The Labute approximate surface area is 78.0 Å². The largest absolute Gasteiger partial charge is 0.395 e. The van der Waals surface area contributed by atoms with E-state index in [2.05, 4.69) is 22.2 Å². The molecule has 0 aliphatic rings. The van der Waals surface area contributed by atoms with Gasteiger partial charge in [-0.15, -0.1) is 0 Å². The lowest BCUT2D eigenvalue weighted by molar-refractivity contribution is 0.311. The first kappa shape index (κ1) is 9.92. The van der Waals surface area contributed by atoms with E-state index >= 15 is 0 Å². The fraction of sp³-hybridized carbons (Fsp3) is 0.556. The van der Waals surface area contributed by atoms with Crippen molar-refractivity contribution in [2.45, 2.75) is 19.8 Å². The molecular formula is C9H15N3O. The van der Waals surface area contributed by atoms with Crippen molar-refractivity contribution in [3.63, 3.8) is 0 Å². The Morgan fingerprint density at radius 3 is 3.00 bits per heavy atom. The summed E-state index contributed by atoms with van der Waals surface area (Å²) in [5.41, 5.74) is 1.04. The molecule has 4 nitrogen and oxygen atoms in total. The van der Waals surface area contributed by atoms with Gasteiger partial charge in [0.05, 0.1) is 6.61 Å². The van der Waals surface area contributed by atoms with E-state index in [1.807, 2.05) is 6.07 Å². The number of anilines is 1. The molecule has 0 saturated heterocycles.